The van der Waals surface area contributed by atoms with Gasteiger partial charge in [0.05, 0.1) is 11.3 Å². The monoisotopic (exact) mass is 208 g/mol. The van der Waals surface area contributed by atoms with Gasteiger partial charge in [0.1, 0.15) is 11.5 Å². The van der Waals surface area contributed by atoms with Gasteiger partial charge in [-0.2, -0.15) is 0 Å². The molecule has 1 aromatic rings. The van der Waals surface area contributed by atoms with Gasteiger partial charge in [-0.25, -0.2) is 8.21 Å². The molecule has 0 radical (unpaired) electrons. The van der Waals surface area contributed by atoms with E-state index in [0.717, 1.165) is 6.07 Å². The van der Waals surface area contributed by atoms with Crippen LogP contribution in [-0.4, -0.2) is 8.76 Å². The van der Waals surface area contributed by atoms with Gasteiger partial charge in [0.2, 0.25) is 0 Å². The Kier molecular flexibility index (Phi) is 3.02. The molecule has 6 heteroatoms. The van der Waals surface area contributed by atoms with Crippen molar-refractivity contribution in [1.82, 2.24) is 0 Å². The van der Waals surface area contributed by atoms with E-state index < -0.39 is 17.1 Å². The van der Waals surface area contributed by atoms with Crippen LogP contribution in [0.25, 0.3) is 0 Å². The van der Waals surface area contributed by atoms with E-state index in [4.69, 9.17) is 11.8 Å². The summed E-state index contributed by atoms with van der Waals surface area (Å²) in [7, 11) is 0. The summed E-state index contributed by atoms with van der Waals surface area (Å²) in [4.78, 5) is 0. The molecule has 3 nitrogen and oxygen atoms in total. The molecule has 0 N–H and O–H groups in total. The number of para-hydroxylation sites is 1. The van der Waals surface area contributed by atoms with Crippen LogP contribution in [0.5, 0.6) is 0 Å². The van der Waals surface area contributed by atoms with Crippen LogP contribution in [-0.2, 0) is 11.3 Å². The number of anilines is 1. The van der Waals surface area contributed by atoms with Gasteiger partial charge in [0.25, 0.3) is 0 Å². The number of hydrogen-bond acceptors (Lipinski definition) is 2. The number of hydrogen-bond donors (Lipinski definition) is 0. The van der Waals surface area contributed by atoms with Crippen molar-refractivity contribution in [3.8, 4) is 0 Å². The standard InChI is InChI=1S/C6H5ClFNO2S/c7-9(12(10)11)6-4-2-1-3-5(6)8/h1-4H,(H,10,11)/p-1. The molecule has 0 aromatic heterocycles. The summed E-state index contributed by atoms with van der Waals surface area (Å²) in [6.45, 7) is 0. The largest absolute Gasteiger partial charge is 0.754 e. The number of benzene rings is 1. The van der Waals surface area contributed by atoms with Crippen LogP contribution < -0.4 is 3.82 Å². The predicted molar refractivity (Wildman–Crippen MR) is 43.7 cm³/mol. The average Bonchev–Trinajstić information content (AvgIpc) is 2.04. The lowest BCUT2D eigenvalue weighted by Gasteiger charge is -2.17. The van der Waals surface area contributed by atoms with E-state index in [9.17, 15) is 13.2 Å². The van der Waals surface area contributed by atoms with Crippen molar-refractivity contribution in [2.75, 3.05) is 3.82 Å². The van der Waals surface area contributed by atoms with E-state index in [2.05, 4.69) is 0 Å². The van der Waals surface area contributed by atoms with Gasteiger partial charge in [-0.3, -0.25) is 4.21 Å². The molecule has 1 unspecified atom stereocenters. The summed E-state index contributed by atoms with van der Waals surface area (Å²) in [5.41, 5.74) is -0.187. The molecular weight excluding hydrogens is 205 g/mol. The number of rotatable bonds is 2. The van der Waals surface area contributed by atoms with Crippen LogP contribution in [0.15, 0.2) is 24.3 Å². The molecule has 0 saturated carbocycles. The molecule has 1 rings (SSSR count). The van der Waals surface area contributed by atoms with Gasteiger partial charge in [-0.15, -0.1) is 0 Å². The smallest absolute Gasteiger partial charge is 0.148 e. The molecule has 0 saturated heterocycles. The highest BCUT2D eigenvalue weighted by Gasteiger charge is 2.07. The van der Waals surface area contributed by atoms with E-state index in [1.807, 2.05) is 0 Å². The Bertz CT molecular complexity index is 309. The maximum atomic E-state index is 12.8. The van der Waals surface area contributed by atoms with Crippen molar-refractivity contribution in [3.05, 3.63) is 30.1 Å². The van der Waals surface area contributed by atoms with Gasteiger partial charge in [0, 0.05) is 11.8 Å². The second kappa shape index (κ2) is 3.84. The first-order chi connectivity index (χ1) is 5.63. The maximum absolute atomic E-state index is 12.8. The van der Waals surface area contributed by atoms with Gasteiger partial charge < -0.3 is 4.55 Å². The second-order valence-electron chi connectivity index (χ2n) is 1.91. The molecule has 0 aliphatic carbocycles. The topological polar surface area (TPSA) is 43.4 Å². The molecule has 0 fully saturated rings. The van der Waals surface area contributed by atoms with Crippen molar-refractivity contribution in [2.45, 2.75) is 0 Å². The molecule has 0 amide bonds. The third-order valence-corrected chi connectivity index (χ3v) is 2.15. The van der Waals surface area contributed by atoms with Crippen molar-refractivity contribution in [2.24, 2.45) is 0 Å². The fourth-order valence-corrected chi connectivity index (χ4v) is 1.12. The lowest BCUT2D eigenvalue weighted by molar-refractivity contribution is 0.537. The summed E-state index contributed by atoms with van der Waals surface area (Å²) in [5.74, 6) is -0.684. The van der Waals surface area contributed by atoms with Crippen LogP contribution in [0, 0.1) is 5.82 Å². The average molecular weight is 209 g/mol. The van der Waals surface area contributed by atoms with Crippen molar-refractivity contribution in [3.63, 3.8) is 0 Å². The first kappa shape index (κ1) is 9.44. The zero-order valence-electron chi connectivity index (χ0n) is 5.74. The Hall–Kier alpha value is -0.650. The van der Waals surface area contributed by atoms with Crippen LogP contribution in [0.3, 0.4) is 0 Å². The van der Waals surface area contributed by atoms with E-state index in [1.165, 1.54) is 18.2 Å². The number of nitrogens with zero attached hydrogens (tertiary/aromatic N) is 1. The molecule has 66 valence electrons. The molecule has 12 heavy (non-hydrogen) atoms. The summed E-state index contributed by atoms with van der Waals surface area (Å²) < 4.78 is 33.7. The zero-order valence-corrected chi connectivity index (χ0v) is 7.31. The van der Waals surface area contributed by atoms with Gasteiger partial charge in [0.15, 0.2) is 0 Å². The highest BCUT2D eigenvalue weighted by atomic mass is 35.5. The van der Waals surface area contributed by atoms with Gasteiger partial charge in [-0.1, -0.05) is 12.1 Å². The van der Waals surface area contributed by atoms with Crippen LogP contribution >= 0.6 is 11.8 Å². The van der Waals surface area contributed by atoms with Crippen LogP contribution in [0.2, 0.25) is 0 Å². The van der Waals surface area contributed by atoms with E-state index in [-0.39, 0.29) is 5.69 Å². The molecular formula is C6H4ClFNO2S-. The van der Waals surface area contributed by atoms with Crippen molar-refractivity contribution < 1.29 is 13.2 Å². The third-order valence-electron chi connectivity index (χ3n) is 1.17. The lowest BCUT2D eigenvalue weighted by Crippen LogP contribution is -2.14. The predicted octanol–water partition coefficient (Wildman–Crippen LogP) is 1.58. The minimum Gasteiger partial charge on any atom is -0.754 e. The SMILES string of the molecule is O=S([O-])N(Cl)c1ccccc1F. The summed E-state index contributed by atoms with van der Waals surface area (Å²) >= 11 is 2.56. The van der Waals surface area contributed by atoms with Gasteiger partial charge >= 0.3 is 0 Å². The highest BCUT2D eigenvalue weighted by molar-refractivity contribution is 7.82. The Labute approximate surface area is 76.3 Å². The fraction of sp³-hybridized carbons (Fsp3) is 0. The Morgan fingerprint density at radius 2 is 2.08 bits per heavy atom. The highest BCUT2D eigenvalue weighted by Crippen LogP contribution is 2.21. The quantitative estimate of drug-likeness (QED) is 0.547. The zero-order chi connectivity index (χ0) is 9.14. The second-order valence-corrected chi connectivity index (χ2v) is 3.25. The van der Waals surface area contributed by atoms with Gasteiger partial charge in [-0.05, 0) is 12.1 Å². The van der Waals surface area contributed by atoms with E-state index in [1.54, 1.807) is 0 Å². The minimum atomic E-state index is -2.66. The first-order valence-corrected chi connectivity index (χ1v) is 4.29. The lowest BCUT2D eigenvalue weighted by atomic mass is 10.3. The Morgan fingerprint density at radius 1 is 1.50 bits per heavy atom. The normalized spacial score (nSPS) is 12.6. The Balaban J connectivity index is 3.02. The van der Waals surface area contributed by atoms with Crippen molar-refractivity contribution in [1.29, 1.82) is 0 Å². The molecule has 0 spiro atoms. The molecule has 0 bridgehead atoms. The van der Waals surface area contributed by atoms with Crippen LogP contribution in [0.1, 0.15) is 0 Å². The number of halogens is 2. The summed E-state index contributed by atoms with van der Waals surface area (Å²) in [6, 6.07) is 5.31. The first-order valence-electron chi connectivity index (χ1n) is 2.92. The molecule has 1 aromatic carbocycles. The van der Waals surface area contributed by atoms with Crippen LogP contribution in [0.4, 0.5) is 10.1 Å². The Morgan fingerprint density at radius 3 is 2.58 bits per heavy atom. The molecule has 0 aliphatic rings. The fourth-order valence-electron chi connectivity index (χ4n) is 0.675. The summed E-state index contributed by atoms with van der Waals surface area (Å²) in [5, 5.41) is 0. The minimum absolute atomic E-state index is 0.187. The van der Waals surface area contributed by atoms with E-state index in [0.29, 0.717) is 3.82 Å². The molecule has 0 heterocycles. The molecule has 1 atom stereocenters. The molecule has 0 aliphatic heterocycles. The maximum Gasteiger partial charge on any atom is 0.148 e. The van der Waals surface area contributed by atoms with Crippen molar-refractivity contribution >= 4 is 28.7 Å². The summed E-state index contributed by atoms with van der Waals surface area (Å²) in [6.07, 6.45) is 0. The van der Waals surface area contributed by atoms with E-state index >= 15 is 0 Å². The third kappa shape index (κ3) is 1.94.